The first-order valence-corrected chi connectivity index (χ1v) is 12.9. The van der Waals surface area contributed by atoms with E-state index in [0.717, 1.165) is 11.1 Å². The van der Waals surface area contributed by atoms with Gasteiger partial charge in [0.05, 0.1) is 33.6 Å². The van der Waals surface area contributed by atoms with Crippen LogP contribution in [0.25, 0.3) is 22.4 Å². The Labute approximate surface area is 204 Å². The Morgan fingerprint density at radius 3 is 2.54 bits per heavy atom. The predicted molar refractivity (Wildman–Crippen MR) is 135 cm³/mol. The zero-order valence-corrected chi connectivity index (χ0v) is 20.6. The van der Waals surface area contributed by atoms with Gasteiger partial charge in [0.15, 0.2) is 15.5 Å². The van der Waals surface area contributed by atoms with Crippen LogP contribution in [0.4, 0.5) is 0 Å². The van der Waals surface area contributed by atoms with Gasteiger partial charge in [0.2, 0.25) is 0 Å². The summed E-state index contributed by atoms with van der Waals surface area (Å²) in [5.74, 6) is -0.332. The van der Waals surface area contributed by atoms with E-state index in [2.05, 4.69) is 20.3 Å². The number of aromatic nitrogens is 3. The molecule has 0 spiro atoms. The van der Waals surface area contributed by atoms with E-state index in [0.29, 0.717) is 34.4 Å². The molecule has 0 aliphatic heterocycles. The standard InChI is InChI=1S/C26H28N4O4S/c1-16(2)35(33,34)20-9-7-18(8-10-20)23-15-28-25-24(29-23)21(14-27-25)26(32)30-22(11-12-31)19-6-4-5-17(3)13-19/h4-10,13-16,22,31H,11-12H2,1-3H3,(H,27,28)(H,30,32). The van der Waals surface area contributed by atoms with E-state index < -0.39 is 15.1 Å². The fourth-order valence-electron chi connectivity index (χ4n) is 3.87. The van der Waals surface area contributed by atoms with Crippen LogP contribution in [0.1, 0.15) is 47.8 Å². The van der Waals surface area contributed by atoms with E-state index in [1.807, 2.05) is 31.2 Å². The summed E-state index contributed by atoms with van der Waals surface area (Å²) in [5.41, 5.74) is 4.39. The predicted octanol–water partition coefficient (Wildman–Crippen LogP) is 3.97. The van der Waals surface area contributed by atoms with Crippen molar-refractivity contribution in [1.29, 1.82) is 0 Å². The first-order chi connectivity index (χ1) is 16.7. The number of rotatable bonds is 8. The summed E-state index contributed by atoms with van der Waals surface area (Å²) in [6.07, 6.45) is 3.52. The zero-order valence-electron chi connectivity index (χ0n) is 19.8. The number of hydrogen-bond acceptors (Lipinski definition) is 6. The van der Waals surface area contributed by atoms with Crippen molar-refractivity contribution in [2.75, 3.05) is 6.61 Å². The van der Waals surface area contributed by atoms with Gasteiger partial charge in [0.25, 0.3) is 5.91 Å². The number of benzene rings is 2. The molecule has 0 fully saturated rings. The van der Waals surface area contributed by atoms with Gasteiger partial charge in [-0.1, -0.05) is 42.0 Å². The third-order valence-corrected chi connectivity index (χ3v) is 8.06. The van der Waals surface area contributed by atoms with Gasteiger partial charge in [-0.25, -0.2) is 18.4 Å². The number of aromatic amines is 1. The minimum atomic E-state index is -3.37. The molecule has 1 atom stereocenters. The van der Waals surface area contributed by atoms with Crippen LogP contribution in [0, 0.1) is 6.92 Å². The molecular formula is C26H28N4O4S. The topological polar surface area (TPSA) is 125 Å². The molecule has 2 aromatic carbocycles. The smallest absolute Gasteiger partial charge is 0.255 e. The van der Waals surface area contributed by atoms with Crippen molar-refractivity contribution in [2.45, 2.75) is 43.4 Å². The van der Waals surface area contributed by atoms with Crippen LogP contribution in [0.5, 0.6) is 0 Å². The van der Waals surface area contributed by atoms with Gasteiger partial charge in [-0.2, -0.15) is 0 Å². The summed E-state index contributed by atoms with van der Waals surface area (Å²) in [6.45, 7) is 5.19. The van der Waals surface area contributed by atoms with E-state index in [1.165, 1.54) is 0 Å². The highest BCUT2D eigenvalue weighted by Crippen LogP contribution is 2.25. The van der Waals surface area contributed by atoms with Crippen molar-refractivity contribution in [1.82, 2.24) is 20.3 Å². The van der Waals surface area contributed by atoms with Gasteiger partial charge in [0, 0.05) is 18.4 Å². The minimum Gasteiger partial charge on any atom is -0.396 e. The van der Waals surface area contributed by atoms with Gasteiger partial charge in [-0.3, -0.25) is 4.79 Å². The minimum absolute atomic E-state index is 0.0702. The van der Waals surface area contributed by atoms with Crippen molar-refractivity contribution in [3.8, 4) is 11.3 Å². The van der Waals surface area contributed by atoms with Gasteiger partial charge >= 0.3 is 0 Å². The quantitative estimate of drug-likeness (QED) is 0.342. The monoisotopic (exact) mass is 492 g/mol. The largest absolute Gasteiger partial charge is 0.396 e. The summed E-state index contributed by atoms with van der Waals surface area (Å²) in [7, 11) is -3.37. The van der Waals surface area contributed by atoms with Crippen molar-refractivity contribution >= 4 is 26.9 Å². The van der Waals surface area contributed by atoms with Crippen LogP contribution in [-0.2, 0) is 9.84 Å². The molecule has 0 bridgehead atoms. The summed E-state index contributed by atoms with van der Waals surface area (Å²) in [6, 6.07) is 13.9. The first-order valence-electron chi connectivity index (χ1n) is 11.4. The lowest BCUT2D eigenvalue weighted by molar-refractivity contribution is 0.0931. The molecule has 8 nitrogen and oxygen atoms in total. The maximum atomic E-state index is 13.2. The van der Waals surface area contributed by atoms with Crippen LogP contribution in [0.15, 0.2) is 65.8 Å². The van der Waals surface area contributed by atoms with Crippen LogP contribution in [0.2, 0.25) is 0 Å². The molecule has 1 unspecified atom stereocenters. The summed E-state index contributed by atoms with van der Waals surface area (Å²) < 4.78 is 24.8. The number of aliphatic hydroxyl groups is 1. The number of aryl methyl sites for hydroxylation is 1. The molecule has 35 heavy (non-hydrogen) atoms. The average molecular weight is 493 g/mol. The molecule has 182 valence electrons. The fraction of sp³-hybridized carbons (Fsp3) is 0.269. The van der Waals surface area contributed by atoms with Gasteiger partial charge < -0.3 is 15.4 Å². The lowest BCUT2D eigenvalue weighted by Crippen LogP contribution is -2.29. The number of amides is 1. The zero-order chi connectivity index (χ0) is 25.2. The third kappa shape index (κ3) is 5.11. The normalized spacial score (nSPS) is 12.7. The molecule has 3 N–H and O–H groups in total. The van der Waals surface area contributed by atoms with Crippen molar-refractivity contribution < 1.29 is 18.3 Å². The molecule has 9 heteroatoms. The Kier molecular flexibility index (Phi) is 7.00. The molecule has 0 aliphatic carbocycles. The average Bonchev–Trinajstić information content (AvgIpc) is 3.27. The number of carbonyl (C=O) groups excluding carboxylic acids is 1. The molecule has 0 aliphatic rings. The number of sulfone groups is 1. The van der Waals surface area contributed by atoms with Crippen molar-refractivity contribution in [3.63, 3.8) is 0 Å². The molecule has 0 saturated heterocycles. The van der Waals surface area contributed by atoms with Crippen LogP contribution < -0.4 is 5.32 Å². The highest BCUT2D eigenvalue weighted by atomic mass is 32.2. The Morgan fingerprint density at radius 2 is 1.89 bits per heavy atom. The second kappa shape index (κ2) is 9.97. The van der Waals surface area contributed by atoms with E-state index in [4.69, 9.17) is 0 Å². The molecule has 2 heterocycles. The highest BCUT2D eigenvalue weighted by Gasteiger charge is 2.21. The molecule has 0 saturated carbocycles. The summed E-state index contributed by atoms with van der Waals surface area (Å²) in [4.78, 5) is 25.4. The Hall–Kier alpha value is -3.56. The van der Waals surface area contributed by atoms with Crippen LogP contribution in [-0.4, -0.2) is 46.2 Å². The number of fused-ring (bicyclic) bond motifs is 1. The Balaban J connectivity index is 1.63. The number of carbonyl (C=O) groups is 1. The van der Waals surface area contributed by atoms with Crippen molar-refractivity contribution in [3.05, 3.63) is 77.6 Å². The SMILES string of the molecule is Cc1cccc(C(CCO)NC(=O)c2c[nH]c3ncc(-c4ccc(S(=O)(=O)C(C)C)cc4)nc23)c1. The van der Waals surface area contributed by atoms with E-state index in [9.17, 15) is 18.3 Å². The maximum Gasteiger partial charge on any atom is 0.255 e. The molecule has 2 aromatic heterocycles. The van der Waals surface area contributed by atoms with Gasteiger partial charge in [-0.15, -0.1) is 0 Å². The maximum absolute atomic E-state index is 13.2. The lowest BCUT2D eigenvalue weighted by Gasteiger charge is -2.18. The number of aliphatic hydroxyl groups excluding tert-OH is 1. The molecular weight excluding hydrogens is 464 g/mol. The number of H-pyrrole nitrogens is 1. The van der Waals surface area contributed by atoms with Crippen LogP contribution in [0.3, 0.4) is 0 Å². The third-order valence-electron chi connectivity index (χ3n) is 5.89. The lowest BCUT2D eigenvalue weighted by atomic mass is 10.0. The molecule has 1 amide bonds. The van der Waals surface area contributed by atoms with E-state index in [-0.39, 0.29) is 23.5 Å². The molecule has 4 rings (SSSR count). The molecule has 4 aromatic rings. The van der Waals surface area contributed by atoms with Crippen LogP contribution >= 0.6 is 0 Å². The van der Waals surface area contributed by atoms with Gasteiger partial charge in [-0.05, 0) is 44.9 Å². The Morgan fingerprint density at radius 1 is 1.14 bits per heavy atom. The summed E-state index contributed by atoms with van der Waals surface area (Å²) in [5, 5.41) is 12.0. The summed E-state index contributed by atoms with van der Waals surface area (Å²) >= 11 is 0. The molecule has 0 radical (unpaired) electrons. The van der Waals surface area contributed by atoms with Gasteiger partial charge in [0.1, 0.15) is 5.52 Å². The first kappa shape index (κ1) is 24.6. The number of nitrogens with one attached hydrogen (secondary N) is 2. The second-order valence-electron chi connectivity index (χ2n) is 8.73. The van der Waals surface area contributed by atoms with Crippen molar-refractivity contribution in [2.24, 2.45) is 0 Å². The van der Waals surface area contributed by atoms with E-state index in [1.54, 1.807) is 50.5 Å². The van der Waals surface area contributed by atoms with E-state index >= 15 is 0 Å². The number of hydrogen-bond donors (Lipinski definition) is 3. The highest BCUT2D eigenvalue weighted by molar-refractivity contribution is 7.92. The second-order valence-corrected chi connectivity index (χ2v) is 11.2. The fourth-order valence-corrected chi connectivity index (χ4v) is 4.93. The Bertz CT molecular complexity index is 1460. The number of nitrogens with zero attached hydrogens (tertiary/aromatic N) is 2.